The minimum atomic E-state index is 1.37. The molecular weight excluding hydrogens is 721 g/mol. The average molecular weight is 843 g/mol. The fourth-order valence-electron chi connectivity index (χ4n) is 10.0. The van der Waals surface area contributed by atoms with Crippen LogP contribution in [-0.2, 0) is 0 Å². The van der Waals surface area contributed by atoms with Crippen molar-refractivity contribution < 1.29 is 0 Å². The van der Waals surface area contributed by atoms with E-state index in [0.29, 0.717) is 0 Å². The van der Waals surface area contributed by atoms with Crippen LogP contribution in [0.25, 0.3) is 0 Å². The van der Waals surface area contributed by atoms with Crippen molar-refractivity contribution in [2.45, 2.75) is 380 Å². The third-order valence-electron chi connectivity index (χ3n) is 14.4. The van der Waals surface area contributed by atoms with Crippen LogP contribution in [0.15, 0.2) is 0 Å². The van der Waals surface area contributed by atoms with Gasteiger partial charge in [-0.15, -0.1) is 0 Å². The van der Waals surface area contributed by atoms with E-state index in [0.717, 1.165) is 0 Å². The van der Waals surface area contributed by atoms with Crippen LogP contribution >= 0.6 is 0 Å². The second-order valence-corrected chi connectivity index (χ2v) is 20.7. The molecule has 0 aliphatic heterocycles. The number of hydrogen-bond donors (Lipinski definition) is 0. The summed E-state index contributed by atoms with van der Waals surface area (Å²) in [6, 6.07) is 0. The van der Waals surface area contributed by atoms with Crippen molar-refractivity contribution in [3.05, 3.63) is 5.92 Å². The van der Waals surface area contributed by atoms with Crippen LogP contribution in [0.4, 0.5) is 0 Å². The van der Waals surface area contributed by atoms with Crippen molar-refractivity contribution in [1.82, 2.24) is 0 Å². The van der Waals surface area contributed by atoms with E-state index in [4.69, 9.17) is 0 Å². The predicted octanol–water partition coefficient (Wildman–Crippen LogP) is 23.5. The fourth-order valence-corrected chi connectivity index (χ4v) is 10.0. The molecule has 0 saturated heterocycles. The summed E-state index contributed by atoms with van der Waals surface area (Å²) in [5.74, 6) is 1.96. The highest BCUT2D eigenvalue weighted by atomic mass is 14.2. The summed E-state index contributed by atoms with van der Waals surface area (Å²) in [5, 5.41) is 0. The second kappa shape index (κ2) is 57.0. The van der Waals surface area contributed by atoms with Gasteiger partial charge in [-0.05, 0) is 25.2 Å². The molecule has 0 spiro atoms. The molecular formula is C60H121. The zero-order chi connectivity index (χ0) is 43.2. The maximum Gasteiger partial charge on any atom is -0.0241 e. The summed E-state index contributed by atoms with van der Waals surface area (Å²) in [7, 11) is 0. The van der Waals surface area contributed by atoms with Gasteiger partial charge in [0.05, 0.1) is 0 Å². The summed E-state index contributed by atoms with van der Waals surface area (Å²) in [4.78, 5) is 0. The van der Waals surface area contributed by atoms with Gasteiger partial charge in [-0.25, -0.2) is 0 Å². The van der Waals surface area contributed by atoms with Gasteiger partial charge < -0.3 is 0 Å². The third-order valence-corrected chi connectivity index (χ3v) is 14.4. The first kappa shape index (κ1) is 60.0. The van der Waals surface area contributed by atoms with E-state index < -0.39 is 0 Å². The van der Waals surface area contributed by atoms with Crippen LogP contribution in [0.2, 0.25) is 0 Å². The summed E-state index contributed by atoms with van der Waals surface area (Å²) in [6.07, 6.45) is 82.7. The number of hydrogen-bond acceptors (Lipinski definition) is 0. The van der Waals surface area contributed by atoms with Crippen LogP contribution in [0.3, 0.4) is 0 Å². The molecule has 0 unspecified atom stereocenters. The molecule has 0 rings (SSSR count). The van der Waals surface area contributed by atoms with Gasteiger partial charge >= 0.3 is 0 Å². The Kier molecular flexibility index (Phi) is 57.0. The Balaban J connectivity index is 3.85. The van der Waals surface area contributed by atoms with Gasteiger partial charge in [0.2, 0.25) is 0 Å². The lowest BCUT2D eigenvalue weighted by Gasteiger charge is -2.16. The van der Waals surface area contributed by atoms with Crippen molar-refractivity contribution in [3.63, 3.8) is 0 Å². The van der Waals surface area contributed by atoms with Gasteiger partial charge in [0.25, 0.3) is 0 Å². The van der Waals surface area contributed by atoms with Crippen LogP contribution in [0, 0.1) is 5.92 Å². The Morgan fingerprint density at radius 2 is 0.233 bits per heavy atom. The SMILES string of the molecule is CCCCCCCCCCCCCCCCCCCCCCCCCCC[C](CCCCCCCCCCCCCCCC)CCCCCCCCCCCCCCCC. The lowest BCUT2D eigenvalue weighted by Crippen LogP contribution is -1.99. The van der Waals surface area contributed by atoms with Gasteiger partial charge in [0.1, 0.15) is 0 Å². The van der Waals surface area contributed by atoms with E-state index in [2.05, 4.69) is 20.8 Å². The van der Waals surface area contributed by atoms with Crippen molar-refractivity contribution >= 4 is 0 Å². The third kappa shape index (κ3) is 54.1. The van der Waals surface area contributed by atoms with Gasteiger partial charge in [0.15, 0.2) is 0 Å². The van der Waals surface area contributed by atoms with E-state index in [-0.39, 0.29) is 0 Å². The fraction of sp³-hybridized carbons (Fsp3) is 0.983. The normalized spacial score (nSPS) is 11.8. The Bertz CT molecular complexity index is 662. The topological polar surface area (TPSA) is 0 Å². The maximum absolute atomic E-state index is 2.32. The molecule has 60 heavy (non-hydrogen) atoms. The lowest BCUT2D eigenvalue weighted by atomic mass is 9.89. The molecule has 0 nitrogen and oxygen atoms in total. The Labute approximate surface area is 384 Å². The van der Waals surface area contributed by atoms with Gasteiger partial charge in [-0.1, -0.05) is 361 Å². The Morgan fingerprint density at radius 1 is 0.133 bits per heavy atom. The first-order valence-corrected chi connectivity index (χ1v) is 29.7. The standard InChI is InChI=1S/C60H121/c1-4-7-10-13-16-19-22-25-28-29-30-31-32-33-34-35-36-37-38-41-44-47-50-53-56-59-60(57-54-51-48-45-42-39-26-23-20-17-14-11-8-5-2)58-55-52-49-46-43-40-27-24-21-18-15-12-9-6-3/h4-59H2,1-3H3. The van der Waals surface area contributed by atoms with E-state index in [9.17, 15) is 0 Å². The smallest absolute Gasteiger partial charge is 0.0241 e. The van der Waals surface area contributed by atoms with E-state index in [1.54, 1.807) is 0 Å². The highest BCUT2D eigenvalue weighted by molar-refractivity contribution is 4.89. The van der Waals surface area contributed by atoms with Crippen LogP contribution in [0.5, 0.6) is 0 Å². The minimum absolute atomic E-state index is 1.37. The van der Waals surface area contributed by atoms with E-state index in [1.807, 2.05) is 5.92 Å². The molecule has 0 aromatic heterocycles. The molecule has 0 aliphatic rings. The van der Waals surface area contributed by atoms with Gasteiger partial charge in [-0.3, -0.25) is 0 Å². The van der Waals surface area contributed by atoms with Crippen molar-refractivity contribution in [2.75, 3.05) is 0 Å². The quantitative estimate of drug-likeness (QED) is 0.0535. The molecule has 0 saturated carbocycles. The zero-order valence-electron chi connectivity index (χ0n) is 43.1. The first-order valence-electron chi connectivity index (χ1n) is 29.7. The largest absolute Gasteiger partial charge is 0.0654 e. The molecule has 0 aromatic rings. The van der Waals surface area contributed by atoms with E-state index in [1.165, 1.54) is 360 Å². The molecule has 361 valence electrons. The molecule has 1 radical (unpaired) electrons. The molecule has 0 atom stereocenters. The summed E-state index contributed by atoms with van der Waals surface area (Å²) >= 11 is 0. The zero-order valence-corrected chi connectivity index (χ0v) is 43.1. The molecule has 0 N–H and O–H groups in total. The predicted molar refractivity (Wildman–Crippen MR) is 279 cm³/mol. The van der Waals surface area contributed by atoms with Gasteiger partial charge in [0, 0.05) is 0 Å². The first-order chi connectivity index (χ1) is 29.8. The highest BCUT2D eigenvalue weighted by Crippen LogP contribution is 2.27. The monoisotopic (exact) mass is 842 g/mol. The molecule has 0 amide bonds. The molecule has 0 aliphatic carbocycles. The number of unbranched alkanes of at least 4 members (excludes halogenated alkanes) is 50. The summed E-state index contributed by atoms with van der Waals surface area (Å²) < 4.78 is 0. The number of rotatable bonds is 56. The maximum atomic E-state index is 2.32. The minimum Gasteiger partial charge on any atom is -0.0654 e. The van der Waals surface area contributed by atoms with Crippen LogP contribution < -0.4 is 0 Å². The summed E-state index contributed by atoms with van der Waals surface area (Å²) in [6.45, 7) is 6.96. The molecule has 0 fully saturated rings. The van der Waals surface area contributed by atoms with Gasteiger partial charge in [-0.2, -0.15) is 0 Å². The van der Waals surface area contributed by atoms with Crippen LogP contribution in [-0.4, -0.2) is 0 Å². The molecule has 0 heteroatoms. The van der Waals surface area contributed by atoms with Crippen LogP contribution in [0.1, 0.15) is 380 Å². The lowest BCUT2D eigenvalue weighted by molar-refractivity contribution is 0.498. The average Bonchev–Trinajstić information content (AvgIpc) is 3.26. The molecule has 0 aromatic carbocycles. The summed E-state index contributed by atoms with van der Waals surface area (Å²) in [5.41, 5.74) is 0. The Hall–Kier alpha value is 0. The van der Waals surface area contributed by atoms with Crippen molar-refractivity contribution in [3.8, 4) is 0 Å². The van der Waals surface area contributed by atoms with Crippen molar-refractivity contribution in [2.24, 2.45) is 0 Å². The highest BCUT2D eigenvalue weighted by Gasteiger charge is 2.10. The molecule has 0 bridgehead atoms. The van der Waals surface area contributed by atoms with E-state index >= 15 is 0 Å². The molecule has 0 heterocycles. The second-order valence-electron chi connectivity index (χ2n) is 20.7. The Morgan fingerprint density at radius 3 is 0.350 bits per heavy atom. The van der Waals surface area contributed by atoms with Crippen molar-refractivity contribution in [1.29, 1.82) is 0 Å².